The average molecular weight is 379 g/mol. The molecule has 0 spiro atoms. The molecule has 5 nitrogen and oxygen atoms in total. The Morgan fingerprint density at radius 3 is 2.81 bits per heavy atom. The summed E-state index contributed by atoms with van der Waals surface area (Å²) in [5.41, 5.74) is 1.11. The van der Waals surface area contributed by atoms with Crippen molar-refractivity contribution in [1.82, 2.24) is 15.6 Å². The number of aryl methyl sites for hydroxylation is 2. The number of rotatable bonds is 8. The fraction of sp³-hybridized carbons (Fsp3) is 0.474. The molecular weight excluding hydrogens is 351 g/mol. The van der Waals surface area contributed by atoms with Crippen LogP contribution in [0.25, 0.3) is 0 Å². The molecule has 0 amide bonds. The molecule has 2 aromatic rings. The van der Waals surface area contributed by atoms with Gasteiger partial charge in [0, 0.05) is 30.5 Å². The molecule has 0 aliphatic rings. The summed E-state index contributed by atoms with van der Waals surface area (Å²) in [6.07, 6.45) is 0.704. The molecule has 1 atom stereocenters. The normalized spacial score (nSPS) is 12.7. The van der Waals surface area contributed by atoms with Gasteiger partial charge in [-0.15, -0.1) is 11.3 Å². The molecule has 1 aromatic heterocycles. The highest BCUT2D eigenvalue weighted by Crippen LogP contribution is 2.16. The van der Waals surface area contributed by atoms with Crippen LogP contribution in [0.3, 0.4) is 0 Å². The van der Waals surface area contributed by atoms with Gasteiger partial charge >= 0.3 is 0 Å². The molecule has 7 heteroatoms. The minimum atomic E-state index is -0.305. The molecule has 0 fully saturated rings. The zero-order chi connectivity index (χ0) is 18.9. The van der Waals surface area contributed by atoms with Crippen LogP contribution in [0.15, 0.2) is 29.3 Å². The van der Waals surface area contributed by atoms with Crippen molar-refractivity contribution >= 4 is 17.3 Å². The van der Waals surface area contributed by atoms with E-state index in [-0.39, 0.29) is 11.9 Å². The van der Waals surface area contributed by atoms with E-state index in [2.05, 4.69) is 27.5 Å². The van der Waals surface area contributed by atoms with Gasteiger partial charge in [-0.1, -0.05) is 6.07 Å². The predicted octanol–water partition coefficient (Wildman–Crippen LogP) is 3.46. The smallest absolute Gasteiger partial charge is 0.191 e. The van der Waals surface area contributed by atoms with E-state index < -0.39 is 0 Å². The van der Waals surface area contributed by atoms with Crippen molar-refractivity contribution in [3.8, 4) is 5.75 Å². The van der Waals surface area contributed by atoms with E-state index in [0.717, 1.165) is 36.2 Å². The lowest BCUT2D eigenvalue weighted by atomic mass is 10.3. The van der Waals surface area contributed by atoms with Gasteiger partial charge in [-0.25, -0.2) is 14.4 Å². The number of ether oxygens (including phenoxy) is 1. The summed E-state index contributed by atoms with van der Waals surface area (Å²) in [6.45, 7) is 10.1. The monoisotopic (exact) mass is 378 g/mol. The Morgan fingerprint density at radius 1 is 1.35 bits per heavy atom. The number of aromatic nitrogens is 1. The van der Waals surface area contributed by atoms with Crippen LogP contribution in [0, 0.1) is 19.7 Å². The van der Waals surface area contributed by atoms with Gasteiger partial charge in [0.15, 0.2) is 5.96 Å². The first-order chi connectivity index (χ1) is 12.5. The molecule has 0 aliphatic heterocycles. The molecule has 0 saturated carbocycles. The zero-order valence-corrected chi connectivity index (χ0v) is 16.6. The molecule has 2 N–H and O–H groups in total. The van der Waals surface area contributed by atoms with Crippen LogP contribution in [-0.2, 0) is 6.42 Å². The summed E-state index contributed by atoms with van der Waals surface area (Å²) in [4.78, 5) is 10.4. The molecular formula is C19H27FN4OS. The summed E-state index contributed by atoms with van der Waals surface area (Å²) in [6, 6.07) is 6.15. The summed E-state index contributed by atoms with van der Waals surface area (Å²) in [7, 11) is 0. The van der Waals surface area contributed by atoms with Gasteiger partial charge in [0.1, 0.15) is 17.7 Å². The van der Waals surface area contributed by atoms with Crippen molar-refractivity contribution in [2.24, 2.45) is 4.99 Å². The summed E-state index contributed by atoms with van der Waals surface area (Å²) < 4.78 is 18.9. The van der Waals surface area contributed by atoms with E-state index in [1.807, 2.05) is 20.8 Å². The van der Waals surface area contributed by atoms with Gasteiger partial charge in [0.2, 0.25) is 0 Å². The molecule has 1 heterocycles. The van der Waals surface area contributed by atoms with Crippen LogP contribution in [0.1, 0.15) is 29.4 Å². The topological polar surface area (TPSA) is 58.5 Å². The lowest BCUT2D eigenvalue weighted by molar-refractivity contribution is 0.229. The minimum absolute atomic E-state index is 0.156. The van der Waals surface area contributed by atoms with Crippen molar-refractivity contribution in [2.45, 2.75) is 40.2 Å². The third kappa shape index (κ3) is 6.63. The van der Waals surface area contributed by atoms with Crippen molar-refractivity contribution in [3.05, 3.63) is 45.7 Å². The number of halogens is 1. The molecule has 0 saturated heterocycles. The maximum Gasteiger partial charge on any atom is 0.191 e. The van der Waals surface area contributed by atoms with Crippen LogP contribution >= 0.6 is 11.3 Å². The van der Waals surface area contributed by atoms with Gasteiger partial charge in [0.25, 0.3) is 0 Å². The number of nitrogens with one attached hydrogen (secondary N) is 2. The maximum absolute atomic E-state index is 13.2. The zero-order valence-electron chi connectivity index (χ0n) is 15.8. The Labute approximate surface area is 158 Å². The molecule has 0 aliphatic carbocycles. The van der Waals surface area contributed by atoms with Gasteiger partial charge in [-0.05, 0) is 39.8 Å². The second-order valence-electron chi connectivity index (χ2n) is 6.03. The van der Waals surface area contributed by atoms with Crippen LogP contribution in [0.4, 0.5) is 4.39 Å². The van der Waals surface area contributed by atoms with E-state index in [1.165, 1.54) is 17.0 Å². The van der Waals surface area contributed by atoms with Crippen LogP contribution in [-0.4, -0.2) is 36.7 Å². The highest BCUT2D eigenvalue weighted by atomic mass is 32.1. The predicted molar refractivity (Wildman–Crippen MR) is 106 cm³/mol. The van der Waals surface area contributed by atoms with E-state index in [0.29, 0.717) is 12.3 Å². The number of aliphatic imine (C=N–C) groups is 1. The third-order valence-corrected chi connectivity index (χ3v) is 4.82. The first-order valence-electron chi connectivity index (χ1n) is 8.85. The van der Waals surface area contributed by atoms with Gasteiger partial charge < -0.3 is 15.4 Å². The van der Waals surface area contributed by atoms with E-state index in [1.54, 1.807) is 23.5 Å². The van der Waals surface area contributed by atoms with Gasteiger partial charge in [-0.3, -0.25) is 0 Å². The molecule has 2 rings (SSSR count). The van der Waals surface area contributed by atoms with Crippen molar-refractivity contribution in [1.29, 1.82) is 0 Å². The summed E-state index contributed by atoms with van der Waals surface area (Å²) in [5.74, 6) is 0.952. The molecule has 0 bridgehead atoms. The fourth-order valence-corrected chi connectivity index (χ4v) is 3.24. The Hall–Kier alpha value is -2.15. The van der Waals surface area contributed by atoms with E-state index >= 15 is 0 Å². The largest absolute Gasteiger partial charge is 0.489 e. The van der Waals surface area contributed by atoms with Crippen LogP contribution in [0.5, 0.6) is 5.75 Å². The molecule has 0 radical (unpaired) electrons. The Kier molecular flexibility index (Phi) is 7.84. The van der Waals surface area contributed by atoms with Crippen LogP contribution in [0.2, 0.25) is 0 Å². The highest BCUT2D eigenvalue weighted by molar-refractivity contribution is 7.11. The Balaban J connectivity index is 1.82. The minimum Gasteiger partial charge on any atom is -0.489 e. The number of guanidine groups is 1. The quantitative estimate of drug-likeness (QED) is 0.546. The molecule has 1 aromatic carbocycles. The molecule has 26 heavy (non-hydrogen) atoms. The molecule has 142 valence electrons. The lowest BCUT2D eigenvalue weighted by Gasteiger charge is -2.15. The second-order valence-corrected chi connectivity index (χ2v) is 7.32. The SMILES string of the molecule is CCNC(=NCC(C)Oc1cccc(F)c1)NCCc1nc(C)c(C)s1. The van der Waals surface area contributed by atoms with Crippen LogP contribution < -0.4 is 15.4 Å². The lowest BCUT2D eigenvalue weighted by Crippen LogP contribution is -2.39. The Bertz CT molecular complexity index is 713. The summed E-state index contributed by atoms with van der Waals surface area (Å²) >= 11 is 1.74. The number of hydrogen-bond donors (Lipinski definition) is 2. The number of thiazole rings is 1. The highest BCUT2D eigenvalue weighted by Gasteiger charge is 2.07. The number of hydrogen-bond acceptors (Lipinski definition) is 4. The summed E-state index contributed by atoms with van der Waals surface area (Å²) in [5, 5.41) is 7.67. The number of nitrogens with zero attached hydrogens (tertiary/aromatic N) is 2. The third-order valence-electron chi connectivity index (χ3n) is 3.69. The van der Waals surface area contributed by atoms with Crippen molar-refractivity contribution < 1.29 is 9.13 Å². The first kappa shape index (κ1) is 20.2. The fourth-order valence-electron chi connectivity index (χ4n) is 2.31. The number of benzene rings is 1. The second kappa shape index (κ2) is 10.1. The maximum atomic E-state index is 13.2. The van der Waals surface area contributed by atoms with Gasteiger partial charge in [-0.2, -0.15) is 0 Å². The van der Waals surface area contributed by atoms with E-state index in [4.69, 9.17) is 4.74 Å². The van der Waals surface area contributed by atoms with Crippen molar-refractivity contribution in [2.75, 3.05) is 19.6 Å². The molecule has 1 unspecified atom stereocenters. The van der Waals surface area contributed by atoms with Crippen molar-refractivity contribution in [3.63, 3.8) is 0 Å². The van der Waals surface area contributed by atoms with Gasteiger partial charge in [0.05, 0.1) is 17.2 Å². The van der Waals surface area contributed by atoms with E-state index in [9.17, 15) is 4.39 Å². The standard InChI is InChI=1S/C19H27FN4OS/c1-5-21-19(22-10-9-18-24-14(3)15(4)26-18)23-12-13(2)25-17-8-6-7-16(20)11-17/h6-8,11,13H,5,9-10,12H2,1-4H3,(H2,21,22,23). The average Bonchev–Trinajstić information content (AvgIpc) is 2.90. The first-order valence-corrected chi connectivity index (χ1v) is 9.67. The Morgan fingerprint density at radius 2 is 2.15 bits per heavy atom.